The van der Waals surface area contributed by atoms with E-state index in [1.165, 1.54) is 0 Å². The van der Waals surface area contributed by atoms with E-state index >= 15 is 0 Å². The van der Waals surface area contributed by atoms with Crippen molar-refractivity contribution >= 4 is 50.6 Å². The summed E-state index contributed by atoms with van der Waals surface area (Å²) in [4.78, 5) is 17.8. The van der Waals surface area contributed by atoms with Gasteiger partial charge in [0.15, 0.2) is 0 Å². The molecule has 0 aliphatic heterocycles. The highest BCUT2D eigenvalue weighted by Gasteiger charge is 2.00. The average molecular weight is 343 g/mol. The summed E-state index contributed by atoms with van der Waals surface area (Å²) in [7, 11) is 0. The Morgan fingerprint density at radius 1 is 1.61 bits per heavy atom. The number of hydrogen-bond donors (Lipinski definition) is 1. The molecule has 0 fully saturated rings. The highest BCUT2D eigenvalue weighted by Crippen LogP contribution is 2.20. The predicted octanol–water partition coefficient (Wildman–Crippen LogP) is 3.61. The third-order valence-corrected chi connectivity index (χ3v) is 4.66. The molecule has 6 heteroatoms. The van der Waals surface area contributed by atoms with E-state index in [9.17, 15) is 4.79 Å². The van der Waals surface area contributed by atoms with Crippen molar-refractivity contribution in [1.82, 2.24) is 10.3 Å². The van der Waals surface area contributed by atoms with Crippen molar-refractivity contribution in [1.29, 1.82) is 0 Å². The number of thiazole rings is 1. The highest BCUT2D eigenvalue weighted by molar-refractivity contribution is 9.10. The van der Waals surface area contributed by atoms with E-state index in [4.69, 9.17) is 0 Å². The van der Waals surface area contributed by atoms with Gasteiger partial charge < -0.3 is 5.32 Å². The van der Waals surface area contributed by atoms with E-state index in [2.05, 4.69) is 26.2 Å². The number of carbonyl (C=O) groups is 1. The summed E-state index contributed by atoms with van der Waals surface area (Å²) < 4.78 is 1.03. The SMILES string of the molecule is Cc1ncc(CNC(=O)/C=C/c2cc(Br)cs2)s1. The van der Waals surface area contributed by atoms with E-state index in [1.54, 1.807) is 34.9 Å². The van der Waals surface area contributed by atoms with Gasteiger partial charge >= 0.3 is 0 Å². The molecule has 0 aliphatic rings. The lowest BCUT2D eigenvalue weighted by Crippen LogP contribution is -2.19. The van der Waals surface area contributed by atoms with Crippen LogP contribution in [-0.4, -0.2) is 10.9 Å². The van der Waals surface area contributed by atoms with Crippen LogP contribution in [0.15, 0.2) is 28.2 Å². The molecule has 0 aromatic carbocycles. The zero-order valence-electron chi connectivity index (χ0n) is 9.64. The maximum absolute atomic E-state index is 11.6. The lowest BCUT2D eigenvalue weighted by atomic mass is 10.4. The molecule has 0 spiro atoms. The first-order chi connectivity index (χ1) is 8.63. The Hall–Kier alpha value is -0.980. The molecule has 0 bridgehead atoms. The lowest BCUT2D eigenvalue weighted by Gasteiger charge is -1.97. The summed E-state index contributed by atoms with van der Waals surface area (Å²) in [5, 5.41) is 5.82. The number of thiophene rings is 1. The molecule has 0 unspecified atom stereocenters. The van der Waals surface area contributed by atoms with Crippen LogP contribution in [0.4, 0.5) is 0 Å². The van der Waals surface area contributed by atoms with Gasteiger partial charge in [0.05, 0.1) is 11.6 Å². The summed E-state index contributed by atoms with van der Waals surface area (Å²) in [6.45, 7) is 2.48. The highest BCUT2D eigenvalue weighted by atomic mass is 79.9. The molecule has 2 rings (SSSR count). The molecule has 1 N–H and O–H groups in total. The van der Waals surface area contributed by atoms with Crippen LogP contribution in [0.2, 0.25) is 0 Å². The number of nitrogens with zero attached hydrogens (tertiary/aromatic N) is 1. The molecule has 0 saturated carbocycles. The minimum atomic E-state index is -0.0921. The summed E-state index contributed by atoms with van der Waals surface area (Å²) in [6.07, 6.45) is 5.15. The molecule has 18 heavy (non-hydrogen) atoms. The van der Waals surface area contributed by atoms with Crippen LogP contribution in [0, 0.1) is 6.92 Å². The number of aryl methyl sites for hydroxylation is 1. The second kappa shape index (κ2) is 6.26. The molecule has 2 heterocycles. The molecule has 3 nitrogen and oxygen atoms in total. The predicted molar refractivity (Wildman–Crippen MR) is 79.8 cm³/mol. The van der Waals surface area contributed by atoms with E-state index in [-0.39, 0.29) is 5.91 Å². The van der Waals surface area contributed by atoms with E-state index < -0.39 is 0 Å². The van der Waals surface area contributed by atoms with Crippen LogP contribution in [-0.2, 0) is 11.3 Å². The van der Waals surface area contributed by atoms with Crippen molar-refractivity contribution in [2.45, 2.75) is 13.5 Å². The number of carbonyl (C=O) groups excluding carboxylic acids is 1. The molecule has 0 aliphatic carbocycles. The number of nitrogens with one attached hydrogen (secondary N) is 1. The van der Waals surface area contributed by atoms with Gasteiger partial charge in [0.25, 0.3) is 0 Å². The third-order valence-electron chi connectivity index (χ3n) is 2.09. The second-order valence-electron chi connectivity index (χ2n) is 3.56. The fourth-order valence-electron chi connectivity index (χ4n) is 1.29. The molecule has 2 aromatic rings. The maximum atomic E-state index is 11.6. The molecule has 0 radical (unpaired) electrons. The Labute approximate surface area is 122 Å². The Morgan fingerprint density at radius 3 is 3.06 bits per heavy atom. The number of rotatable bonds is 4. The largest absolute Gasteiger partial charge is 0.348 e. The Bertz CT molecular complexity index is 574. The normalized spacial score (nSPS) is 11.0. The first-order valence-corrected chi connectivity index (χ1v) is 7.73. The van der Waals surface area contributed by atoms with Gasteiger partial charge in [-0.2, -0.15) is 0 Å². The smallest absolute Gasteiger partial charge is 0.244 e. The molecular weight excluding hydrogens is 332 g/mol. The molecule has 1 amide bonds. The molecular formula is C12H11BrN2OS2. The van der Waals surface area contributed by atoms with E-state index in [0.29, 0.717) is 6.54 Å². The second-order valence-corrected chi connectivity index (χ2v) is 6.74. The van der Waals surface area contributed by atoms with Gasteiger partial charge in [-0.15, -0.1) is 22.7 Å². The van der Waals surface area contributed by atoms with Gasteiger partial charge in [-0.25, -0.2) is 4.98 Å². The Kier molecular flexibility index (Phi) is 4.68. The molecule has 0 saturated heterocycles. The number of amides is 1. The van der Waals surface area contributed by atoms with Crippen LogP contribution in [0.5, 0.6) is 0 Å². The standard InChI is InChI=1S/C12H11BrN2OS2/c1-8-14-5-11(18-8)6-15-12(16)3-2-10-4-9(13)7-17-10/h2-5,7H,6H2,1H3,(H,15,16)/b3-2+. The minimum absolute atomic E-state index is 0.0921. The first-order valence-electron chi connectivity index (χ1n) is 5.25. The number of aromatic nitrogens is 1. The van der Waals surface area contributed by atoms with Gasteiger partial charge in [0, 0.05) is 31.9 Å². The van der Waals surface area contributed by atoms with Crippen LogP contribution < -0.4 is 5.32 Å². The summed E-state index contributed by atoms with van der Waals surface area (Å²) in [6, 6.07) is 1.97. The van der Waals surface area contributed by atoms with Gasteiger partial charge in [0.1, 0.15) is 0 Å². The van der Waals surface area contributed by atoms with Crippen LogP contribution in [0.1, 0.15) is 14.8 Å². The Morgan fingerprint density at radius 2 is 2.44 bits per heavy atom. The third kappa shape index (κ3) is 4.04. The summed E-state index contributed by atoms with van der Waals surface area (Å²) in [5.74, 6) is -0.0921. The fourth-order valence-corrected chi connectivity index (χ4v) is 3.37. The quantitative estimate of drug-likeness (QED) is 0.862. The fraction of sp³-hybridized carbons (Fsp3) is 0.167. The zero-order chi connectivity index (χ0) is 13.0. The van der Waals surface area contributed by atoms with E-state index in [1.807, 2.05) is 24.4 Å². The van der Waals surface area contributed by atoms with Crippen molar-refractivity contribution in [3.05, 3.63) is 43.0 Å². The molecule has 2 aromatic heterocycles. The topological polar surface area (TPSA) is 42.0 Å². The van der Waals surface area contributed by atoms with Crippen molar-refractivity contribution in [2.75, 3.05) is 0 Å². The monoisotopic (exact) mass is 342 g/mol. The van der Waals surface area contributed by atoms with Gasteiger partial charge in [-0.3, -0.25) is 4.79 Å². The number of halogens is 1. The van der Waals surface area contributed by atoms with Crippen molar-refractivity contribution in [3.63, 3.8) is 0 Å². The van der Waals surface area contributed by atoms with Crippen LogP contribution in [0.3, 0.4) is 0 Å². The summed E-state index contributed by atoms with van der Waals surface area (Å²) in [5.41, 5.74) is 0. The number of hydrogen-bond acceptors (Lipinski definition) is 4. The minimum Gasteiger partial charge on any atom is -0.348 e. The van der Waals surface area contributed by atoms with Crippen LogP contribution >= 0.6 is 38.6 Å². The Balaban J connectivity index is 1.83. The molecule has 94 valence electrons. The average Bonchev–Trinajstić information content (AvgIpc) is 2.93. The first kappa shape index (κ1) is 13.5. The van der Waals surface area contributed by atoms with Crippen molar-refractivity contribution in [3.8, 4) is 0 Å². The van der Waals surface area contributed by atoms with Crippen molar-refractivity contribution < 1.29 is 4.79 Å². The van der Waals surface area contributed by atoms with Crippen LogP contribution in [0.25, 0.3) is 6.08 Å². The maximum Gasteiger partial charge on any atom is 0.244 e. The molecule has 0 atom stereocenters. The van der Waals surface area contributed by atoms with E-state index in [0.717, 1.165) is 19.2 Å². The lowest BCUT2D eigenvalue weighted by molar-refractivity contribution is -0.116. The van der Waals surface area contributed by atoms with Gasteiger partial charge in [-0.05, 0) is 35.0 Å². The zero-order valence-corrected chi connectivity index (χ0v) is 12.9. The summed E-state index contributed by atoms with van der Waals surface area (Å²) >= 11 is 6.55. The van der Waals surface area contributed by atoms with Gasteiger partial charge in [0.2, 0.25) is 5.91 Å². The van der Waals surface area contributed by atoms with Gasteiger partial charge in [-0.1, -0.05) is 0 Å². The van der Waals surface area contributed by atoms with Crippen molar-refractivity contribution in [2.24, 2.45) is 0 Å².